The van der Waals surface area contributed by atoms with Gasteiger partial charge in [0.25, 0.3) is 5.91 Å². The molecule has 1 heterocycles. The number of hydrogen-bond acceptors (Lipinski definition) is 2. The molecule has 0 bridgehead atoms. The van der Waals surface area contributed by atoms with Crippen molar-refractivity contribution >= 4 is 46.4 Å². The number of carbonyl (C=O) groups excluding carboxylic acids is 1. The molecular formula is C17H13Cl2NO2. The zero-order chi connectivity index (χ0) is 15.7. The van der Waals surface area contributed by atoms with E-state index in [4.69, 9.17) is 23.2 Å². The second kappa shape index (κ2) is 6.03. The maximum absolute atomic E-state index is 12.2. The van der Waals surface area contributed by atoms with Crippen molar-refractivity contribution < 1.29 is 9.90 Å². The molecule has 0 saturated heterocycles. The molecule has 2 aromatic rings. The number of aryl methyl sites for hydroxylation is 1. The molecule has 1 aliphatic rings. The standard InChI is InChI=1S/C17H13Cl2NO2/c18-6-5-10-1-4-16-13(7-10)14(17(22)20-16)8-11-2-3-12(21)9-15(11)19/h1-4,7-9,21H,5-6H2,(H,20,22). The summed E-state index contributed by atoms with van der Waals surface area (Å²) in [4.78, 5) is 12.2. The van der Waals surface area contributed by atoms with Crippen molar-refractivity contribution in [1.29, 1.82) is 0 Å². The van der Waals surface area contributed by atoms with Gasteiger partial charge in [0.2, 0.25) is 0 Å². The topological polar surface area (TPSA) is 49.3 Å². The number of halogens is 2. The normalized spacial score (nSPS) is 15.0. The van der Waals surface area contributed by atoms with E-state index in [0.717, 1.165) is 23.2 Å². The number of amides is 1. The quantitative estimate of drug-likeness (QED) is 0.649. The van der Waals surface area contributed by atoms with Crippen molar-refractivity contribution in [3.05, 3.63) is 58.1 Å². The molecule has 2 aromatic carbocycles. The summed E-state index contributed by atoms with van der Waals surface area (Å²) in [7, 11) is 0. The van der Waals surface area contributed by atoms with Crippen LogP contribution in [0.3, 0.4) is 0 Å². The first kappa shape index (κ1) is 14.9. The summed E-state index contributed by atoms with van der Waals surface area (Å²) in [6.07, 6.45) is 2.48. The minimum Gasteiger partial charge on any atom is -0.508 e. The van der Waals surface area contributed by atoms with E-state index in [-0.39, 0.29) is 11.7 Å². The molecule has 0 fully saturated rings. The molecule has 1 aliphatic heterocycles. The molecule has 2 N–H and O–H groups in total. The van der Waals surface area contributed by atoms with Gasteiger partial charge in [0.15, 0.2) is 0 Å². The summed E-state index contributed by atoms with van der Waals surface area (Å²) in [5.41, 5.74) is 3.94. The first-order chi connectivity index (χ1) is 10.6. The summed E-state index contributed by atoms with van der Waals surface area (Å²) in [6, 6.07) is 10.5. The number of rotatable bonds is 3. The number of fused-ring (bicyclic) bond motifs is 1. The molecule has 0 unspecified atom stereocenters. The highest BCUT2D eigenvalue weighted by atomic mass is 35.5. The molecule has 0 spiro atoms. The Balaban J connectivity index is 2.07. The van der Waals surface area contributed by atoms with Gasteiger partial charge in [-0.05, 0) is 54.0 Å². The lowest BCUT2D eigenvalue weighted by Crippen LogP contribution is -2.03. The molecule has 3 nitrogen and oxygen atoms in total. The van der Waals surface area contributed by atoms with Gasteiger partial charge in [-0.3, -0.25) is 4.79 Å². The number of phenolic OH excluding ortho intramolecular Hbond substituents is 1. The van der Waals surface area contributed by atoms with Crippen molar-refractivity contribution in [3.63, 3.8) is 0 Å². The van der Waals surface area contributed by atoms with Crippen molar-refractivity contribution in [3.8, 4) is 5.75 Å². The molecule has 0 atom stereocenters. The second-order valence-corrected chi connectivity index (χ2v) is 5.82. The SMILES string of the molecule is O=C1Nc2ccc(CCCl)cc2C1=Cc1ccc(O)cc1Cl. The van der Waals surface area contributed by atoms with Gasteiger partial charge in [-0.25, -0.2) is 0 Å². The van der Waals surface area contributed by atoms with Crippen LogP contribution < -0.4 is 5.32 Å². The van der Waals surface area contributed by atoms with Crippen LogP contribution >= 0.6 is 23.2 Å². The van der Waals surface area contributed by atoms with Crippen molar-refractivity contribution in [2.24, 2.45) is 0 Å². The molecule has 112 valence electrons. The highest BCUT2D eigenvalue weighted by Crippen LogP contribution is 2.35. The summed E-state index contributed by atoms with van der Waals surface area (Å²) < 4.78 is 0. The summed E-state index contributed by atoms with van der Waals surface area (Å²) in [6.45, 7) is 0. The molecule has 22 heavy (non-hydrogen) atoms. The fourth-order valence-electron chi connectivity index (χ4n) is 2.43. The Kier molecular flexibility index (Phi) is 4.10. The number of carbonyl (C=O) groups is 1. The zero-order valence-electron chi connectivity index (χ0n) is 11.6. The number of benzene rings is 2. The summed E-state index contributed by atoms with van der Waals surface area (Å²) >= 11 is 11.9. The molecule has 0 aromatic heterocycles. The van der Waals surface area contributed by atoms with Crippen molar-refractivity contribution in [2.75, 3.05) is 11.2 Å². The van der Waals surface area contributed by atoms with Crippen LogP contribution in [-0.2, 0) is 11.2 Å². The van der Waals surface area contributed by atoms with Crippen LogP contribution in [0.1, 0.15) is 16.7 Å². The Hall–Kier alpha value is -1.97. The van der Waals surface area contributed by atoms with Gasteiger partial charge >= 0.3 is 0 Å². The number of anilines is 1. The number of nitrogens with one attached hydrogen (secondary N) is 1. The molecule has 5 heteroatoms. The van der Waals surface area contributed by atoms with Crippen LogP contribution in [0.5, 0.6) is 5.75 Å². The van der Waals surface area contributed by atoms with Gasteiger partial charge in [0, 0.05) is 22.7 Å². The smallest absolute Gasteiger partial charge is 0.256 e. The highest BCUT2D eigenvalue weighted by Gasteiger charge is 2.24. The van der Waals surface area contributed by atoms with Crippen molar-refractivity contribution in [1.82, 2.24) is 0 Å². The van der Waals surface area contributed by atoms with E-state index < -0.39 is 0 Å². The number of alkyl halides is 1. The monoisotopic (exact) mass is 333 g/mol. The molecule has 0 aliphatic carbocycles. The summed E-state index contributed by atoms with van der Waals surface area (Å²) in [5, 5.41) is 12.6. The van der Waals surface area contributed by atoms with E-state index in [1.807, 2.05) is 18.2 Å². The van der Waals surface area contributed by atoms with Gasteiger partial charge in [0.05, 0.1) is 5.02 Å². The van der Waals surface area contributed by atoms with Gasteiger partial charge in [-0.15, -0.1) is 11.6 Å². The Labute approximate surface area is 138 Å². The minimum atomic E-state index is -0.165. The lowest BCUT2D eigenvalue weighted by Gasteiger charge is -2.04. The predicted molar refractivity (Wildman–Crippen MR) is 90.5 cm³/mol. The first-order valence-electron chi connectivity index (χ1n) is 6.79. The molecular weight excluding hydrogens is 321 g/mol. The van der Waals surface area contributed by atoms with E-state index in [1.54, 1.807) is 12.1 Å². The zero-order valence-corrected chi connectivity index (χ0v) is 13.1. The maximum atomic E-state index is 12.2. The van der Waals surface area contributed by atoms with E-state index in [1.165, 1.54) is 12.1 Å². The first-order valence-corrected chi connectivity index (χ1v) is 7.70. The third-order valence-corrected chi connectivity index (χ3v) is 4.05. The van der Waals surface area contributed by atoms with Gasteiger partial charge < -0.3 is 10.4 Å². The van der Waals surface area contributed by atoms with Gasteiger partial charge in [-0.2, -0.15) is 0 Å². The van der Waals surface area contributed by atoms with Crippen LogP contribution in [0.4, 0.5) is 5.69 Å². The largest absolute Gasteiger partial charge is 0.508 e. The Morgan fingerprint density at radius 3 is 2.73 bits per heavy atom. The Morgan fingerprint density at radius 2 is 2.00 bits per heavy atom. The van der Waals surface area contributed by atoms with E-state index in [9.17, 15) is 9.90 Å². The minimum absolute atomic E-state index is 0.0906. The fraction of sp³-hybridized carbons (Fsp3) is 0.118. The van der Waals surface area contributed by atoms with Crippen LogP contribution in [0.25, 0.3) is 11.6 Å². The molecule has 0 radical (unpaired) electrons. The van der Waals surface area contributed by atoms with Gasteiger partial charge in [-0.1, -0.05) is 17.7 Å². The predicted octanol–water partition coefficient (Wildman–Crippen LogP) is 4.32. The van der Waals surface area contributed by atoms with Gasteiger partial charge in [0.1, 0.15) is 5.75 Å². The lowest BCUT2D eigenvalue weighted by atomic mass is 10.0. The van der Waals surface area contributed by atoms with Crippen LogP contribution in [-0.4, -0.2) is 16.9 Å². The third kappa shape index (κ3) is 2.82. The third-order valence-electron chi connectivity index (χ3n) is 3.53. The Morgan fingerprint density at radius 1 is 1.18 bits per heavy atom. The average Bonchev–Trinajstić information content (AvgIpc) is 2.78. The lowest BCUT2D eigenvalue weighted by molar-refractivity contribution is -0.110. The molecule has 1 amide bonds. The number of hydrogen-bond donors (Lipinski definition) is 2. The fourth-order valence-corrected chi connectivity index (χ4v) is 2.88. The van der Waals surface area contributed by atoms with E-state index >= 15 is 0 Å². The van der Waals surface area contributed by atoms with Crippen LogP contribution in [0.15, 0.2) is 36.4 Å². The van der Waals surface area contributed by atoms with Crippen LogP contribution in [0, 0.1) is 0 Å². The summed E-state index contributed by atoms with van der Waals surface area (Å²) in [5.74, 6) is 0.457. The number of phenols is 1. The van der Waals surface area contributed by atoms with E-state index in [0.29, 0.717) is 22.0 Å². The number of aromatic hydroxyl groups is 1. The van der Waals surface area contributed by atoms with Crippen molar-refractivity contribution in [2.45, 2.75) is 6.42 Å². The second-order valence-electron chi connectivity index (χ2n) is 5.04. The Bertz CT molecular complexity index is 784. The van der Waals surface area contributed by atoms with E-state index in [2.05, 4.69) is 5.32 Å². The average molecular weight is 334 g/mol. The highest BCUT2D eigenvalue weighted by molar-refractivity contribution is 6.37. The van der Waals surface area contributed by atoms with Crippen LogP contribution in [0.2, 0.25) is 5.02 Å². The molecule has 3 rings (SSSR count). The molecule has 0 saturated carbocycles. The maximum Gasteiger partial charge on any atom is 0.256 e.